The van der Waals surface area contributed by atoms with Crippen molar-refractivity contribution >= 4 is 29.4 Å². The third-order valence-electron chi connectivity index (χ3n) is 3.15. The van der Waals surface area contributed by atoms with E-state index < -0.39 is 30.2 Å². The van der Waals surface area contributed by atoms with Crippen LogP contribution >= 0.6 is 11.6 Å². The third kappa shape index (κ3) is 3.25. The normalized spacial score (nSPS) is 18.2. The van der Waals surface area contributed by atoms with E-state index in [9.17, 15) is 19.5 Å². The molecule has 1 unspecified atom stereocenters. The highest BCUT2D eigenvalue weighted by Gasteiger charge is 2.35. The number of carbonyl (C=O) groups excluding carboxylic acids is 2. The molecule has 2 rings (SSSR count). The number of carbonyl (C=O) groups is 3. The van der Waals surface area contributed by atoms with Crippen LogP contribution in [0.5, 0.6) is 5.75 Å². The average Bonchev–Trinajstić information content (AvgIpc) is 2.43. The monoisotopic (exact) mass is 312 g/mol. The van der Waals surface area contributed by atoms with Crippen molar-refractivity contribution < 1.29 is 24.6 Å². The Morgan fingerprint density at radius 2 is 2.14 bits per heavy atom. The molecule has 0 aliphatic carbocycles. The molecule has 1 aromatic carbocycles. The standard InChI is InChI=1S/C13H13ClN2O5/c14-8-5-7(1-2-10(8)17)13(21)16-4-3-15-12(20)9(16)6-11(18)19/h1-2,5,9,17H,3-4,6H2,(H,15,20)(H,18,19). The van der Waals surface area contributed by atoms with Crippen molar-refractivity contribution in [3.63, 3.8) is 0 Å². The maximum absolute atomic E-state index is 12.4. The molecule has 1 aliphatic rings. The second-order valence-corrected chi connectivity index (χ2v) is 4.98. The summed E-state index contributed by atoms with van der Waals surface area (Å²) >= 11 is 5.75. The molecule has 1 atom stereocenters. The van der Waals surface area contributed by atoms with Crippen molar-refractivity contribution in [1.29, 1.82) is 0 Å². The molecule has 0 radical (unpaired) electrons. The lowest BCUT2D eigenvalue weighted by atomic mass is 10.1. The number of phenolic OH excluding ortho intramolecular Hbond substituents is 1. The van der Waals surface area contributed by atoms with Gasteiger partial charge < -0.3 is 20.4 Å². The minimum atomic E-state index is -1.17. The first-order valence-electron chi connectivity index (χ1n) is 6.19. The van der Waals surface area contributed by atoms with E-state index in [2.05, 4.69) is 5.32 Å². The predicted octanol–water partition coefficient (Wildman–Crippen LogP) is 0.461. The van der Waals surface area contributed by atoms with Crippen LogP contribution in [-0.2, 0) is 9.59 Å². The zero-order valence-corrected chi connectivity index (χ0v) is 11.6. The van der Waals surface area contributed by atoms with E-state index in [-0.39, 0.29) is 29.4 Å². The summed E-state index contributed by atoms with van der Waals surface area (Å²) in [7, 11) is 0. The Morgan fingerprint density at radius 1 is 1.43 bits per heavy atom. The highest BCUT2D eigenvalue weighted by molar-refractivity contribution is 6.32. The number of carboxylic acids is 1. The Morgan fingerprint density at radius 3 is 2.76 bits per heavy atom. The fourth-order valence-electron chi connectivity index (χ4n) is 2.13. The number of nitrogens with one attached hydrogen (secondary N) is 1. The molecule has 112 valence electrons. The van der Waals surface area contributed by atoms with Crippen LogP contribution in [0, 0.1) is 0 Å². The number of rotatable bonds is 3. The number of aromatic hydroxyl groups is 1. The lowest BCUT2D eigenvalue weighted by Crippen LogP contribution is -2.57. The molecule has 1 fully saturated rings. The van der Waals surface area contributed by atoms with Crippen molar-refractivity contribution in [3.05, 3.63) is 28.8 Å². The third-order valence-corrected chi connectivity index (χ3v) is 3.46. The minimum absolute atomic E-state index is 0.0112. The second-order valence-electron chi connectivity index (χ2n) is 4.57. The van der Waals surface area contributed by atoms with Gasteiger partial charge in [0.15, 0.2) is 0 Å². The number of amides is 2. The maximum atomic E-state index is 12.4. The van der Waals surface area contributed by atoms with Crippen molar-refractivity contribution in [2.75, 3.05) is 13.1 Å². The molecule has 1 aliphatic heterocycles. The van der Waals surface area contributed by atoms with Gasteiger partial charge >= 0.3 is 5.97 Å². The van der Waals surface area contributed by atoms with E-state index in [1.165, 1.54) is 23.1 Å². The zero-order valence-electron chi connectivity index (χ0n) is 10.9. The number of hydrogen-bond acceptors (Lipinski definition) is 4. The summed E-state index contributed by atoms with van der Waals surface area (Å²) in [4.78, 5) is 36.2. The summed E-state index contributed by atoms with van der Waals surface area (Å²) in [6, 6.07) is 2.86. The molecule has 8 heteroatoms. The number of aliphatic carboxylic acids is 1. The first-order valence-corrected chi connectivity index (χ1v) is 6.57. The van der Waals surface area contributed by atoms with Crippen LogP contribution in [0.2, 0.25) is 5.02 Å². The Labute approximate surface area is 125 Å². The number of halogens is 1. The van der Waals surface area contributed by atoms with Crippen molar-refractivity contribution in [2.24, 2.45) is 0 Å². The lowest BCUT2D eigenvalue weighted by Gasteiger charge is -2.34. The van der Waals surface area contributed by atoms with Gasteiger partial charge in [-0.2, -0.15) is 0 Å². The van der Waals surface area contributed by atoms with E-state index in [0.717, 1.165) is 0 Å². The summed E-state index contributed by atoms with van der Waals surface area (Å²) in [6.45, 7) is 0.466. The quantitative estimate of drug-likeness (QED) is 0.751. The molecule has 0 spiro atoms. The van der Waals surface area contributed by atoms with Crippen molar-refractivity contribution in [2.45, 2.75) is 12.5 Å². The molecule has 0 bridgehead atoms. The Hall–Kier alpha value is -2.28. The second kappa shape index (κ2) is 6.01. The van der Waals surface area contributed by atoms with Crippen LogP contribution in [0.3, 0.4) is 0 Å². The first-order chi connectivity index (χ1) is 9.90. The fourth-order valence-corrected chi connectivity index (χ4v) is 2.31. The maximum Gasteiger partial charge on any atom is 0.305 e. The number of nitrogens with zero attached hydrogens (tertiary/aromatic N) is 1. The van der Waals surface area contributed by atoms with Gasteiger partial charge in [0.05, 0.1) is 11.4 Å². The molecule has 2 amide bonds. The highest BCUT2D eigenvalue weighted by atomic mass is 35.5. The van der Waals surface area contributed by atoms with Gasteiger partial charge in [0, 0.05) is 18.7 Å². The Kier molecular flexibility index (Phi) is 4.32. The summed E-state index contributed by atoms with van der Waals surface area (Å²) in [5.74, 6) is -2.33. The molecule has 21 heavy (non-hydrogen) atoms. The van der Waals surface area contributed by atoms with Gasteiger partial charge in [0.1, 0.15) is 11.8 Å². The minimum Gasteiger partial charge on any atom is -0.506 e. The van der Waals surface area contributed by atoms with Crippen LogP contribution in [0.4, 0.5) is 0 Å². The number of hydrogen-bond donors (Lipinski definition) is 3. The SMILES string of the molecule is O=C(O)CC1C(=O)NCCN1C(=O)c1ccc(O)c(Cl)c1. The average molecular weight is 313 g/mol. The number of benzene rings is 1. The molecule has 1 heterocycles. The topological polar surface area (TPSA) is 107 Å². The van der Waals surface area contributed by atoms with Gasteiger partial charge in [0.25, 0.3) is 5.91 Å². The summed E-state index contributed by atoms with van der Waals surface area (Å²) in [6.07, 6.45) is -0.469. The van der Waals surface area contributed by atoms with Crippen molar-refractivity contribution in [1.82, 2.24) is 10.2 Å². The first kappa shape index (κ1) is 15.1. The number of phenols is 1. The van der Waals surface area contributed by atoms with Gasteiger partial charge in [-0.3, -0.25) is 14.4 Å². The van der Waals surface area contributed by atoms with E-state index in [0.29, 0.717) is 0 Å². The fraction of sp³-hybridized carbons (Fsp3) is 0.308. The van der Waals surface area contributed by atoms with E-state index in [1.54, 1.807) is 0 Å². The number of piperazine rings is 1. The number of carboxylic acid groups (broad SMARTS) is 1. The van der Waals surface area contributed by atoms with Gasteiger partial charge in [-0.1, -0.05) is 11.6 Å². The van der Waals surface area contributed by atoms with E-state index in [4.69, 9.17) is 16.7 Å². The zero-order chi connectivity index (χ0) is 15.6. The Balaban J connectivity index is 2.27. The lowest BCUT2D eigenvalue weighted by molar-refractivity contribution is -0.142. The van der Waals surface area contributed by atoms with Crippen LogP contribution < -0.4 is 5.32 Å². The van der Waals surface area contributed by atoms with Crippen LogP contribution in [0.15, 0.2) is 18.2 Å². The van der Waals surface area contributed by atoms with Gasteiger partial charge in [-0.05, 0) is 18.2 Å². The summed E-state index contributed by atoms with van der Waals surface area (Å²) in [5.41, 5.74) is 0.183. The molecule has 7 nitrogen and oxygen atoms in total. The predicted molar refractivity (Wildman–Crippen MR) is 73.2 cm³/mol. The molecule has 3 N–H and O–H groups in total. The molecular weight excluding hydrogens is 300 g/mol. The van der Waals surface area contributed by atoms with Crippen molar-refractivity contribution in [3.8, 4) is 5.75 Å². The van der Waals surface area contributed by atoms with Gasteiger partial charge in [0.2, 0.25) is 5.91 Å². The molecular formula is C13H13ClN2O5. The van der Waals surface area contributed by atoms with E-state index in [1.807, 2.05) is 0 Å². The Bertz CT molecular complexity index is 604. The van der Waals surface area contributed by atoms with Gasteiger partial charge in [-0.25, -0.2) is 0 Å². The largest absolute Gasteiger partial charge is 0.506 e. The summed E-state index contributed by atoms with van der Waals surface area (Å²) in [5, 5.41) is 20.8. The van der Waals surface area contributed by atoms with E-state index >= 15 is 0 Å². The van der Waals surface area contributed by atoms with Crippen LogP contribution in [0.25, 0.3) is 0 Å². The van der Waals surface area contributed by atoms with Gasteiger partial charge in [-0.15, -0.1) is 0 Å². The molecule has 0 saturated carbocycles. The van der Waals surface area contributed by atoms with Crippen LogP contribution in [-0.4, -0.2) is 52.0 Å². The molecule has 1 saturated heterocycles. The molecule has 1 aromatic rings. The summed E-state index contributed by atoms with van der Waals surface area (Å²) < 4.78 is 0. The van der Waals surface area contributed by atoms with Crippen LogP contribution in [0.1, 0.15) is 16.8 Å². The highest BCUT2D eigenvalue weighted by Crippen LogP contribution is 2.25. The smallest absolute Gasteiger partial charge is 0.305 e. The molecule has 0 aromatic heterocycles.